The van der Waals surface area contributed by atoms with Crippen molar-refractivity contribution in [3.8, 4) is 0 Å². The van der Waals surface area contributed by atoms with Gasteiger partial charge < -0.3 is 10.4 Å². The lowest BCUT2D eigenvalue weighted by Crippen LogP contribution is -2.37. The summed E-state index contributed by atoms with van der Waals surface area (Å²) in [6.45, 7) is -0.452. The van der Waals surface area contributed by atoms with E-state index in [1.165, 1.54) is 7.05 Å². The van der Waals surface area contributed by atoms with E-state index in [1.807, 2.05) is 4.72 Å². The van der Waals surface area contributed by atoms with Gasteiger partial charge in [0.15, 0.2) is 5.75 Å². The first kappa shape index (κ1) is 11.8. The average Bonchev–Trinajstić information content (AvgIpc) is 1.98. The second-order valence-electron chi connectivity index (χ2n) is 2.15. The van der Waals surface area contributed by atoms with Crippen LogP contribution in [0.2, 0.25) is 0 Å². The number of carbonyl (C=O) groups is 2. The van der Waals surface area contributed by atoms with Crippen molar-refractivity contribution in [2.75, 3.05) is 19.3 Å². The number of carboxylic acid groups (broad SMARTS) is 1. The van der Waals surface area contributed by atoms with Crippen molar-refractivity contribution in [1.82, 2.24) is 10.0 Å². The monoisotopic (exact) mass is 210 g/mol. The van der Waals surface area contributed by atoms with Gasteiger partial charge in [0.25, 0.3) is 0 Å². The van der Waals surface area contributed by atoms with Gasteiger partial charge in [-0.05, 0) is 0 Å². The van der Waals surface area contributed by atoms with E-state index in [0.29, 0.717) is 0 Å². The normalized spacial score (nSPS) is 10.8. The lowest BCUT2D eigenvalue weighted by atomic mass is 10.6. The van der Waals surface area contributed by atoms with Crippen LogP contribution in [0.25, 0.3) is 0 Å². The first-order valence-electron chi connectivity index (χ1n) is 3.27. The van der Waals surface area contributed by atoms with Gasteiger partial charge in [0.2, 0.25) is 15.9 Å². The minimum Gasteiger partial charge on any atom is -0.480 e. The number of carboxylic acids is 1. The van der Waals surface area contributed by atoms with Crippen LogP contribution in [0.1, 0.15) is 0 Å². The fraction of sp³-hybridized carbons (Fsp3) is 0.600. The van der Waals surface area contributed by atoms with E-state index in [-0.39, 0.29) is 0 Å². The molecule has 8 heteroatoms. The van der Waals surface area contributed by atoms with Crippen LogP contribution < -0.4 is 10.0 Å². The Kier molecular flexibility index (Phi) is 4.35. The van der Waals surface area contributed by atoms with Crippen LogP contribution in [-0.4, -0.2) is 44.7 Å². The van der Waals surface area contributed by atoms with Crippen LogP contribution >= 0.6 is 0 Å². The second-order valence-corrected chi connectivity index (χ2v) is 3.95. The molecule has 0 aromatic heterocycles. The van der Waals surface area contributed by atoms with Gasteiger partial charge in [0.05, 0.1) is 6.54 Å². The highest BCUT2D eigenvalue weighted by Gasteiger charge is 2.15. The summed E-state index contributed by atoms with van der Waals surface area (Å²) < 4.78 is 23.4. The Balaban J connectivity index is 4.05. The SMILES string of the molecule is CNC(=O)CNS(=O)(=O)CC(=O)O. The molecule has 1 amide bonds. The number of nitrogens with one attached hydrogen (secondary N) is 2. The van der Waals surface area contributed by atoms with E-state index in [9.17, 15) is 18.0 Å². The highest BCUT2D eigenvalue weighted by Crippen LogP contribution is 1.82. The molecule has 0 saturated carbocycles. The van der Waals surface area contributed by atoms with E-state index in [1.54, 1.807) is 0 Å². The third-order valence-corrected chi connectivity index (χ3v) is 2.26. The molecule has 0 aromatic rings. The van der Waals surface area contributed by atoms with Gasteiger partial charge in [-0.2, -0.15) is 0 Å². The molecular formula is C5H10N2O5S. The number of rotatable bonds is 5. The Morgan fingerprint density at radius 3 is 2.31 bits per heavy atom. The van der Waals surface area contributed by atoms with E-state index in [0.717, 1.165) is 0 Å². The second kappa shape index (κ2) is 4.77. The van der Waals surface area contributed by atoms with Crippen molar-refractivity contribution in [1.29, 1.82) is 0 Å². The van der Waals surface area contributed by atoms with E-state index < -0.39 is 34.2 Å². The van der Waals surface area contributed by atoms with Crippen molar-refractivity contribution in [3.05, 3.63) is 0 Å². The van der Waals surface area contributed by atoms with Gasteiger partial charge in [-0.25, -0.2) is 13.1 Å². The Bertz CT molecular complexity index is 296. The van der Waals surface area contributed by atoms with Crippen molar-refractivity contribution in [2.24, 2.45) is 0 Å². The topological polar surface area (TPSA) is 113 Å². The van der Waals surface area contributed by atoms with Gasteiger partial charge in [0, 0.05) is 7.05 Å². The number of hydrogen-bond acceptors (Lipinski definition) is 4. The number of hydrogen-bond donors (Lipinski definition) is 3. The summed E-state index contributed by atoms with van der Waals surface area (Å²) in [5.74, 6) is -3.04. The number of aliphatic carboxylic acids is 1. The Hall–Kier alpha value is -1.15. The molecule has 13 heavy (non-hydrogen) atoms. The summed E-state index contributed by atoms with van der Waals surface area (Å²) in [4.78, 5) is 20.6. The smallest absolute Gasteiger partial charge is 0.320 e. The van der Waals surface area contributed by atoms with Gasteiger partial charge >= 0.3 is 5.97 Å². The maximum Gasteiger partial charge on any atom is 0.320 e. The van der Waals surface area contributed by atoms with Crippen LogP contribution in [-0.2, 0) is 19.6 Å². The van der Waals surface area contributed by atoms with Crippen molar-refractivity contribution in [2.45, 2.75) is 0 Å². The third kappa shape index (κ3) is 6.05. The van der Waals surface area contributed by atoms with Crippen LogP contribution in [0.3, 0.4) is 0 Å². The van der Waals surface area contributed by atoms with E-state index in [4.69, 9.17) is 5.11 Å². The van der Waals surface area contributed by atoms with Crippen molar-refractivity contribution >= 4 is 21.9 Å². The summed E-state index contributed by atoms with van der Waals surface area (Å²) in [5, 5.41) is 10.3. The predicted octanol–water partition coefficient (Wildman–Crippen LogP) is -2.26. The fourth-order valence-electron chi connectivity index (χ4n) is 0.477. The zero-order valence-electron chi connectivity index (χ0n) is 6.90. The lowest BCUT2D eigenvalue weighted by molar-refractivity contribution is -0.134. The largest absolute Gasteiger partial charge is 0.480 e. The molecule has 0 atom stereocenters. The quantitative estimate of drug-likeness (QED) is 0.474. The fourth-order valence-corrected chi connectivity index (χ4v) is 1.26. The molecule has 7 nitrogen and oxygen atoms in total. The number of sulfonamides is 1. The molecule has 76 valence electrons. The zero-order valence-corrected chi connectivity index (χ0v) is 7.72. The molecule has 0 aliphatic rings. The molecular weight excluding hydrogens is 200 g/mol. The van der Waals surface area contributed by atoms with Gasteiger partial charge in [-0.3, -0.25) is 9.59 Å². The molecule has 0 aliphatic carbocycles. The molecule has 0 saturated heterocycles. The maximum atomic E-state index is 10.8. The molecule has 0 radical (unpaired) electrons. The number of likely N-dealkylation sites (N-methyl/N-ethyl adjacent to an activating group) is 1. The lowest BCUT2D eigenvalue weighted by Gasteiger charge is -2.02. The molecule has 0 aliphatic heterocycles. The Morgan fingerprint density at radius 1 is 1.38 bits per heavy atom. The van der Waals surface area contributed by atoms with E-state index in [2.05, 4.69) is 5.32 Å². The van der Waals surface area contributed by atoms with Crippen molar-refractivity contribution in [3.63, 3.8) is 0 Å². The summed E-state index contributed by atoms with van der Waals surface area (Å²) >= 11 is 0. The van der Waals surface area contributed by atoms with Crippen LogP contribution in [0, 0.1) is 0 Å². The molecule has 0 rings (SSSR count). The first-order valence-corrected chi connectivity index (χ1v) is 4.92. The maximum absolute atomic E-state index is 10.8. The molecule has 0 unspecified atom stereocenters. The highest BCUT2D eigenvalue weighted by molar-refractivity contribution is 7.90. The van der Waals surface area contributed by atoms with Gasteiger partial charge in [0.1, 0.15) is 0 Å². The van der Waals surface area contributed by atoms with Gasteiger partial charge in [-0.15, -0.1) is 0 Å². The molecule has 0 bridgehead atoms. The van der Waals surface area contributed by atoms with E-state index >= 15 is 0 Å². The van der Waals surface area contributed by atoms with Crippen LogP contribution in [0.15, 0.2) is 0 Å². The summed E-state index contributed by atoms with van der Waals surface area (Å²) in [5.41, 5.74) is 0. The van der Waals surface area contributed by atoms with Crippen molar-refractivity contribution < 1.29 is 23.1 Å². The Labute approximate surface area is 75.2 Å². The summed E-state index contributed by atoms with van der Waals surface area (Å²) in [6.07, 6.45) is 0. The average molecular weight is 210 g/mol. The van der Waals surface area contributed by atoms with Gasteiger partial charge in [-0.1, -0.05) is 0 Å². The summed E-state index contributed by atoms with van der Waals surface area (Å²) in [7, 11) is -2.56. The Morgan fingerprint density at radius 2 is 1.92 bits per heavy atom. The van der Waals surface area contributed by atoms with Crippen LogP contribution in [0.4, 0.5) is 0 Å². The zero-order chi connectivity index (χ0) is 10.5. The molecule has 0 heterocycles. The third-order valence-electron chi connectivity index (χ3n) is 1.04. The number of amides is 1. The number of carbonyl (C=O) groups excluding carboxylic acids is 1. The minimum atomic E-state index is -3.90. The highest BCUT2D eigenvalue weighted by atomic mass is 32.2. The molecule has 0 fully saturated rings. The molecule has 3 N–H and O–H groups in total. The standard InChI is InChI=1S/C5H10N2O5S/c1-6-4(8)2-7-13(11,12)3-5(9)10/h7H,2-3H2,1H3,(H,6,8)(H,9,10). The minimum absolute atomic E-state index is 0.452. The predicted molar refractivity (Wildman–Crippen MR) is 43.5 cm³/mol. The molecule has 0 aromatic carbocycles. The first-order chi connectivity index (χ1) is 5.87. The van der Waals surface area contributed by atoms with Crippen LogP contribution in [0.5, 0.6) is 0 Å². The molecule has 0 spiro atoms. The summed E-state index contributed by atoms with van der Waals surface area (Å²) in [6, 6.07) is 0.